The number of rotatable bonds is 6. The van der Waals surface area contributed by atoms with Gasteiger partial charge in [-0.05, 0) is 51.9 Å². The second kappa shape index (κ2) is 8.48. The Morgan fingerprint density at radius 1 is 1.15 bits per heavy atom. The second-order valence-corrected chi connectivity index (χ2v) is 6.01. The van der Waals surface area contributed by atoms with E-state index in [9.17, 15) is 0 Å². The summed E-state index contributed by atoms with van der Waals surface area (Å²) in [5, 5.41) is 3.45. The van der Waals surface area contributed by atoms with Gasteiger partial charge in [-0.2, -0.15) is 0 Å². The van der Waals surface area contributed by atoms with E-state index in [0.29, 0.717) is 0 Å². The highest BCUT2D eigenvalue weighted by Gasteiger charge is 2.13. The van der Waals surface area contributed by atoms with Crippen LogP contribution >= 0.6 is 0 Å². The molecule has 0 aromatic carbocycles. The van der Waals surface area contributed by atoms with Crippen molar-refractivity contribution in [2.75, 3.05) is 19.6 Å². The SMILES string of the molecule is CCCNCc1cc(CN2CCCCCCC2)oc1C. The Hall–Kier alpha value is -0.800. The van der Waals surface area contributed by atoms with Gasteiger partial charge in [-0.3, -0.25) is 4.90 Å². The van der Waals surface area contributed by atoms with Gasteiger partial charge in [0.05, 0.1) is 6.54 Å². The van der Waals surface area contributed by atoms with E-state index in [4.69, 9.17) is 4.42 Å². The molecule has 0 amide bonds. The fourth-order valence-corrected chi connectivity index (χ4v) is 2.93. The summed E-state index contributed by atoms with van der Waals surface area (Å²) < 4.78 is 5.94. The first-order valence-corrected chi connectivity index (χ1v) is 8.31. The van der Waals surface area contributed by atoms with E-state index in [2.05, 4.69) is 30.1 Å². The Balaban J connectivity index is 1.86. The molecule has 2 rings (SSSR count). The molecule has 3 heteroatoms. The summed E-state index contributed by atoms with van der Waals surface area (Å²) in [6.45, 7) is 9.72. The Bertz CT molecular complexity index is 378. The van der Waals surface area contributed by atoms with Crippen LogP contribution in [-0.4, -0.2) is 24.5 Å². The molecule has 0 unspecified atom stereocenters. The number of furan rings is 1. The lowest BCUT2D eigenvalue weighted by molar-refractivity contribution is 0.221. The van der Waals surface area contributed by atoms with Crippen LogP contribution in [-0.2, 0) is 13.1 Å². The van der Waals surface area contributed by atoms with E-state index >= 15 is 0 Å². The molecule has 0 atom stereocenters. The molecule has 0 radical (unpaired) electrons. The average molecular weight is 278 g/mol. The lowest BCUT2D eigenvalue weighted by atomic mass is 10.1. The first kappa shape index (κ1) is 15.6. The van der Waals surface area contributed by atoms with Crippen LogP contribution in [0.5, 0.6) is 0 Å². The molecule has 1 fully saturated rings. The predicted octanol–water partition coefficient (Wildman–Crippen LogP) is 3.85. The normalized spacial score (nSPS) is 17.9. The third-order valence-corrected chi connectivity index (χ3v) is 4.14. The van der Waals surface area contributed by atoms with Crippen molar-refractivity contribution in [2.24, 2.45) is 0 Å². The summed E-state index contributed by atoms with van der Waals surface area (Å²) >= 11 is 0. The maximum atomic E-state index is 5.94. The highest BCUT2D eigenvalue weighted by molar-refractivity contribution is 5.20. The van der Waals surface area contributed by atoms with Gasteiger partial charge in [-0.1, -0.05) is 26.2 Å². The van der Waals surface area contributed by atoms with Crippen LogP contribution in [0.25, 0.3) is 0 Å². The molecule has 20 heavy (non-hydrogen) atoms. The van der Waals surface area contributed by atoms with Crippen molar-refractivity contribution < 1.29 is 4.42 Å². The summed E-state index contributed by atoms with van der Waals surface area (Å²) in [5.74, 6) is 2.21. The minimum atomic E-state index is 0.934. The minimum absolute atomic E-state index is 0.934. The molecule has 1 N–H and O–H groups in total. The predicted molar refractivity (Wildman–Crippen MR) is 83.8 cm³/mol. The minimum Gasteiger partial charge on any atom is -0.465 e. The van der Waals surface area contributed by atoms with Crippen LogP contribution in [0.3, 0.4) is 0 Å². The fraction of sp³-hybridized carbons (Fsp3) is 0.765. The van der Waals surface area contributed by atoms with Crippen molar-refractivity contribution in [2.45, 2.75) is 65.5 Å². The Labute approximate surface area is 123 Å². The fourth-order valence-electron chi connectivity index (χ4n) is 2.93. The number of hydrogen-bond acceptors (Lipinski definition) is 3. The Morgan fingerprint density at radius 2 is 1.85 bits per heavy atom. The van der Waals surface area contributed by atoms with Crippen LogP contribution in [0.4, 0.5) is 0 Å². The van der Waals surface area contributed by atoms with Gasteiger partial charge in [0.2, 0.25) is 0 Å². The molecule has 1 saturated heterocycles. The first-order valence-electron chi connectivity index (χ1n) is 8.31. The van der Waals surface area contributed by atoms with E-state index in [1.165, 1.54) is 57.2 Å². The van der Waals surface area contributed by atoms with Crippen LogP contribution in [0.2, 0.25) is 0 Å². The zero-order valence-corrected chi connectivity index (χ0v) is 13.2. The summed E-state index contributed by atoms with van der Waals surface area (Å²) in [7, 11) is 0. The quantitative estimate of drug-likeness (QED) is 0.801. The van der Waals surface area contributed by atoms with Crippen molar-refractivity contribution in [1.82, 2.24) is 10.2 Å². The summed E-state index contributed by atoms with van der Waals surface area (Å²) in [6.07, 6.45) is 8.05. The topological polar surface area (TPSA) is 28.4 Å². The van der Waals surface area contributed by atoms with Gasteiger partial charge in [0.1, 0.15) is 11.5 Å². The average Bonchev–Trinajstić information content (AvgIpc) is 2.73. The smallest absolute Gasteiger partial charge is 0.118 e. The van der Waals surface area contributed by atoms with Gasteiger partial charge < -0.3 is 9.73 Å². The molecular formula is C17H30N2O. The van der Waals surface area contributed by atoms with E-state index in [-0.39, 0.29) is 0 Å². The van der Waals surface area contributed by atoms with E-state index in [1.807, 2.05) is 0 Å². The number of nitrogens with zero attached hydrogens (tertiary/aromatic N) is 1. The molecule has 2 heterocycles. The molecule has 0 bridgehead atoms. The Kier molecular flexibility index (Phi) is 6.61. The van der Waals surface area contributed by atoms with E-state index in [0.717, 1.165) is 31.2 Å². The van der Waals surface area contributed by atoms with Crippen molar-refractivity contribution in [3.63, 3.8) is 0 Å². The van der Waals surface area contributed by atoms with Gasteiger partial charge in [0, 0.05) is 12.1 Å². The van der Waals surface area contributed by atoms with Crippen molar-refractivity contribution >= 4 is 0 Å². The molecule has 114 valence electrons. The highest BCUT2D eigenvalue weighted by Crippen LogP contribution is 2.18. The van der Waals surface area contributed by atoms with Gasteiger partial charge in [-0.15, -0.1) is 0 Å². The standard InChI is InChI=1S/C17H30N2O/c1-3-9-18-13-16-12-17(20-15(16)2)14-19-10-7-5-4-6-8-11-19/h12,18H,3-11,13-14H2,1-2H3. The number of nitrogens with one attached hydrogen (secondary N) is 1. The van der Waals surface area contributed by atoms with Crippen LogP contribution < -0.4 is 5.32 Å². The number of aryl methyl sites for hydroxylation is 1. The number of hydrogen-bond donors (Lipinski definition) is 1. The third-order valence-electron chi connectivity index (χ3n) is 4.14. The molecule has 1 aromatic rings. The zero-order valence-electron chi connectivity index (χ0n) is 13.2. The zero-order chi connectivity index (χ0) is 14.2. The molecule has 0 saturated carbocycles. The van der Waals surface area contributed by atoms with Gasteiger partial charge in [0.15, 0.2) is 0 Å². The second-order valence-electron chi connectivity index (χ2n) is 6.01. The summed E-state index contributed by atoms with van der Waals surface area (Å²) in [4.78, 5) is 2.56. The van der Waals surface area contributed by atoms with Gasteiger partial charge >= 0.3 is 0 Å². The maximum absolute atomic E-state index is 5.94. The van der Waals surface area contributed by atoms with Crippen LogP contribution in [0, 0.1) is 6.92 Å². The molecule has 0 spiro atoms. The Morgan fingerprint density at radius 3 is 2.55 bits per heavy atom. The molecule has 3 nitrogen and oxygen atoms in total. The van der Waals surface area contributed by atoms with Crippen molar-refractivity contribution in [1.29, 1.82) is 0 Å². The van der Waals surface area contributed by atoms with Crippen molar-refractivity contribution in [3.05, 3.63) is 23.2 Å². The molecule has 1 aromatic heterocycles. The largest absolute Gasteiger partial charge is 0.465 e. The molecule has 1 aliphatic heterocycles. The first-order chi connectivity index (χ1) is 9.79. The maximum Gasteiger partial charge on any atom is 0.118 e. The van der Waals surface area contributed by atoms with Gasteiger partial charge in [0.25, 0.3) is 0 Å². The molecular weight excluding hydrogens is 248 g/mol. The van der Waals surface area contributed by atoms with Crippen LogP contribution in [0.1, 0.15) is 62.5 Å². The monoisotopic (exact) mass is 278 g/mol. The van der Waals surface area contributed by atoms with E-state index in [1.54, 1.807) is 0 Å². The third kappa shape index (κ3) is 4.95. The van der Waals surface area contributed by atoms with Crippen LogP contribution in [0.15, 0.2) is 10.5 Å². The lowest BCUT2D eigenvalue weighted by Crippen LogP contribution is -2.26. The highest BCUT2D eigenvalue weighted by atomic mass is 16.3. The summed E-state index contributed by atoms with van der Waals surface area (Å²) in [6, 6.07) is 2.25. The van der Waals surface area contributed by atoms with E-state index < -0.39 is 0 Å². The molecule has 0 aliphatic carbocycles. The van der Waals surface area contributed by atoms with Gasteiger partial charge in [-0.25, -0.2) is 0 Å². The number of likely N-dealkylation sites (tertiary alicyclic amines) is 1. The molecule has 1 aliphatic rings. The van der Waals surface area contributed by atoms with Crippen molar-refractivity contribution in [3.8, 4) is 0 Å². The lowest BCUT2D eigenvalue weighted by Gasteiger charge is -2.23. The summed E-state index contributed by atoms with van der Waals surface area (Å²) in [5.41, 5.74) is 1.32.